The lowest BCUT2D eigenvalue weighted by atomic mass is 9.90. The fraction of sp³-hybridized carbons (Fsp3) is 0.263. The van der Waals surface area contributed by atoms with Crippen LogP contribution in [0.15, 0.2) is 48.5 Å². The van der Waals surface area contributed by atoms with Crippen molar-refractivity contribution in [3.63, 3.8) is 0 Å². The van der Waals surface area contributed by atoms with Crippen LogP contribution in [0.3, 0.4) is 0 Å². The summed E-state index contributed by atoms with van der Waals surface area (Å²) in [6.07, 6.45) is 0.677. The van der Waals surface area contributed by atoms with Crippen LogP contribution in [-0.2, 0) is 14.1 Å². The van der Waals surface area contributed by atoms with Crippen LogP contribution in [0.4, 0.5) is 0 Å². The van der Waals surface area contributed by atoms with Gasteiger partial charge in [0.1, 0.15) is 11.7 Å². The van der Waals surface area contributed by atoms with Crippen molar-refractivity contribution in [3.05, 3.63) is 64.7 Å². The van der Waals surface area contributed by atoms with Crippen LogP contribution in [0.25, 0.3) is 0 Å². The Morgan fingerprint density at radius 1 is 1.08 bits per heavy atom. The zero-order valence-electron chi connectivity index (χ0n) is 14.6. The number of methoxy groups -OCH3 is 1. The van der Waals surface area contributed by atoms with E-state index in [1.165, 1.54) is 16.2 Å². The second-order valence-electron chi connectivity index (χ2n) is 5.19. The Bertz CT molecular complexity index is 736. The molecule has 0 heterocycles. The summed E-state index contributed by atoms with van der Waals surface area (Å²) in [6, 6.07) is 13.7. The molecule has 7 heteroatoms. The normalized spacial score (nSPS) is 10.9. The highest BCUT2D eigenvalue weighted by atomic mass is 35.5. The Hall–Kier alpha value is -2.23. The molecule has 0 aliphatic rings. The number of ether oxygens (including phenoxy) is 2. The summed E-state index contributed by atoms with van der Waals surface area (Å²) in [7, 11) is 2.62. The molecule has 2 unspecified atom stereocenters. The summed E-state index contributed by atoms with van der Waals surface area (Å²) in [5.41, 5.74) is 0.745. The van der Waals surface area contributed by atoms with Crippen LogP contribution < -0.4 is 4.74 Å². The lowest BCUT2D eigenvalue weighted by Crippen LogP contribution is -2.25. The lowest BCUT2D eigenvalue weighted by molar-refractivity contribution is -0.144. The highest BCUT2D eigenvalue weighted by Crippen LogP contribution is 2.32. The third kappa shape index (κ3) is 5.38. The number of carbonyl (C=O) groups excluding carboxylic acids is 2. The Balaban J connectivity index is 0.00000163. The second-order valence-corrected chi connectivity index (χ2v) is 5.60. The molecule has 0 aliphatic heterocycles. The van der Waals surface area contributed by atoms with E-state index in [0.717, 1.165) is 0 Å². The van der Waals surface area contributed by atoms with E-state index in [1.54, 1.807) is 42.5 Å². The molecule has 0 aromatic heterocycles. The molecule has 2 rings (SSSR count). The zero-order valence-corrected chi connectivity index (χ0v) is 16.5. The summed E-state index contributed by atoms with van der Waals surface area (Å²) in [6.45, 7) is 2.15. The van der Waals surface area contributed by atoms with E-state index in [-0.39, 0.29) is 17.2 Å². The standard InChI is InChI=1S/C19H19ClO4.H2OP/c1-3-12-24-19(22)16(13-8-5-4-6-9-13)18(21)17-14(20)10-7-11-15(17)23-2;1-2/h4-11,16H,3,12H2,1-2H3;2H2/q;+1. The molecule has 0 spiro atoms. The van der Waals surface area contributed by atoms with Gasteiger partial charge in [-0.15, -0.1) is 0 Å². The maximum absolute atomic E-state index is 13.1. The van der Waals surface area contributed by atoms with Gasteiger partial charge in [-0.25, -0.2) is 0 Å². The molecule has 2 atom stereocenters. The van der Waals surface area contributed by atoms with Gasteiger partial charge in [0.05, 0.1) is 24.3 Å². The average molecular weight is 396 g/mol. The Labute approximate surface area is 159 Å². The minimum atomic E-state index is -1.08. The highest BCUT2D eigenvalue weighted by molar-refractivity contribution is 7.00. The van der Waals surface area contributed by atoms with E-state index in [9.17, 15) is 9.59 Å². The van der Waals surface area contributed by atoms with Gasteiger partial charge < -0.3 is 9.47 Å². The Morgan fingerprint density at radius 2 is 1.73 bits per heavy atom. The molecule has 2 aromatic rings. The largest absolute Gasteiger partial charge is 0.496 e. The number of hydrogen-bond donors (Lipinski definition) is 0. The minimum Gasteiger partial charge on any atom is -0.496 e. The van der Waals surface area contributed by atoms with Crippen molar-refractivity contribution in [1.82, 2.24) is 0 Å². The monoisotopic (exact) mass is 395 g/mol. The number of carbonyl (C=O) groups is 2. The Morgan fingerprint density at radius 3 is 2.31 bits per heavy atom. The first-order chi connectivity index (χ1) is 12.6. The number of halogens is 1. The van der Waals surface area contributed by atoms with Crippen molar-refractivity contribution >= 4 is 32.5 Å². The number of ketones is 1. The molecule has 0 saturated carbocycles. The van der Waals surface area contributed by atoms with Crippen LogP contribution in [-0.4, -0.2) is 25.5 Å². The summed E-state index contributed by atoms with van der Waals surface area (Å²) in [5.74, 6) is -1.77. The van der Waals surface area contributed by atoms with Gasteiger partial charge in [-0.3, -0.25) is 9.59 Å². The van der Waals surface area contributed by atoms with E-state index >= 15 is 0 Å². The molecule has 0 N–H and O–H groups in total. The van der Waals surface area contributed by atoms with Crippen molar-refractivity contribution in [2.24, 2.45) is 0 Å². The van der Waals surface area contributed by atoms with Crippen molar-refractivity contribution in [1.29, 1.82) is 0 Å². The summed E-state index contributed by atoms with van der Waals surface area (Å²) >= 11 is 6.19. The number of Topliss-reactive ketones (excluding diaryl/α,β-unsaturated/α-hetero) is 1. The zero-order chi connectivity index (χ0) is 19.5. The third-order valence-electron chi connectivity index (χ3n) is 3.52. The van der Waals surface area contributed by atoms with E-state index < -0.39 is 17.7 Å². The quantitative estimate of drug-likeness (QED) is 0.299. The fourth-order valence-electron chi connectivity index (χ4n) is 2.38. The van der Waals surface area contributed by atoms with Crippen LogP contribution in [0.1, 0.15) is 35.2 Å². The second kappa shape index (κ2) is 11.4. The third-order valence-corrected chi connectivity index (χ3v) is 3.84. The molecule has 0 amide bonds. The molecule has 5 nitrogen and oxygen atoms in total. The first-order valence-corrected chi connectivity index (χ1v) is 8.77. The van der Waals surface area contributed by atoms with E-state index in [0.29, 0.717) is 17.7 Å². The predicted molar refractivity (Wildman–Crippen MR) is 103 cm³/mol. The molecular formula is C19H21ClO5P+. The molecule has 0 aliphatic carbocycles. The number of rotatable bonds is 7. The molecule has 0 saturated heterocycles. The van der Waals surface area contributed by atoms with Crippen molar-refractivity contribution in [2.75, 3.05) is 13.7 Å². The number of hydrogen-bond acceptors (Lipinski definition) is 5. The van der Waals surface area contributed by atoms with Gasteiger partial charge in [0.25, 0.3) is 0 Å². The maximum atomic E-state index is 13.1. The molecule has 0 radical (unpaired) electrons. The maximum Gasteiger partial charge on any atom is 0.321 e. The number of esters is 1. The van der Waals surface area contributed by atoms with Crippen LogP contribution in [0.2, 0.25) is 5.02 Å². The van der Waals surface area contributed by atoms with Gasteiger partial charge in [0, 0.05) is 0 Å². The summed E-state index contributed by atoms with van der Waals surface area (Å²) < 4.78 is 18.6. The van der Waals surface area contributed by atoms with E-state index in [1.807, 2.05) is 13.0 Å². The lowest BCUT2D eigenvalue weighted by Gasteiger charge is -2.17. The molecule has 0 bridgehead atoms. The van der Waals surface area contributed by atoms with Crippen molar-refractivity contribution in [2.45, 2.75) is 19.3 Å². The Kier molecular flexibility index (Phi) is 9.56. The van der Waals surface area contributed by atoms with Gasteiger partial charge in [-0.05, 0) is 24.1 Å². The van der Waals surface area contributed by atoms with Crippen molar-refractivity contribution in [3.8, 4) is 5.75 Å². The first-order valence-electron chi connectivity index (χ1n) is 7.92. The molecular weight excluding hydrogens is 375 g/mol. The first kappa shape index (κ1) is 21.8. The molecule has 138 valence electrons. The molecule has 0 fully saturated rings. The van der Waals surface area contributed by atoms with Gasteiger partial charge in [-0.1, -0.05) is 59.5 Å². The van der Waals surface area contributed by atoms with Crippen LogP contribution in [0, 0.1) is 0 Å². The SMILES string of the molecule is CCCOC(=O)C(C(=O)c1c(Cl)cccc1OC)c1ccccc1.O=[PH2+]. The van der Waals surface area contributed by atoms with Crippen LogP contribution >= 0.6 is 20.7 Å². The smallest absolute Gasteiger partial charge is 0.321 e. The predicted octanol–water partition coefficient (Wildman–Crippen LogP) is 4.48. The van der Waals surface area contributed by atoms with Crippen LogP contribution in [0.5, 0.6) is 5.75 Å². The summed E-state index contributed by atoms with van der Waals surface area (Å²) in [4.78, 5) is 25.6. The van der Waals surface area contributed by atoms with Gasteiger partial charge in [0.2, 0.25) is 0 Å². The van der Waals surface area contributed by atoms with Crippen molar-refractivity contribution < 1.29 is 23.6 Å². The van der Waals surface area contributed by atoms with Gasteiger partial charge >= 0.3 is 15.1 Å². The molecule has 2 aromatic carbocycles. The topological polar surface area (TPSA) is 69.7 Å². The van der Waals surface area contributed by atoms with Gasteiger partial charge in [-0.2, -0.15) is 0 Å². The average Bonchev–Trinajstić information content (AvgIpc) is 2.68. The number of benzene rings is 2. The molecule has 26 heavy (non-hydrogen) atoms. The minimum absolute atomic E-state index is 0.184. The highest BCUT2D eigenvalue weighted by Gasteiger charge is 2.33. The van der Waals surface area contributed by atoms with E-state index in [4.69, 9.17) is 25.6 Å². The fourth-order valence-corrected chi connectivity index (χ4v) is 2.64. The van der Waals surface area contributed by atoms with Gasteiger partial charge in [0.15, 0.2) is 5.78 Å². The van der Waals surface area contributed by atoms with E-state index in [2.05, 4.69) is 0 Å². The summed E-state index contributed by atoms with van der Waals surface area (Å²) in [5, 5.41) is 0.239.